The molecule has 0 aliphatic rings. The van der Waals surface area contributed by atoms with Gasteiger partial charge in [0.25, 0.3) is 0 Å². The number of imidazole rings is 1. The molecular formula is C12H19N5S. The van der Waals surface area contributed by atoms with Gasteiger partial charge in [0.05, 0.1) is 0 Å². The van der Waals surface area contributed by atoms with Gasteiger partial charge in [-0.1, -0.05) is 25.2 Å². The SMILES string of the molecule is CCCNCc1nnc(-n2ccnc2CCC)s1. The quantitative estimate of drug-likeness (QED) is 0.780. The van der Waals surface area contributed by atoms with Crippen LogP contribution in [-0.2, 0) is 13.0 Å². The van der Waals surface area contributed by atoms with Crippen LogP contribution in [0, 0.1) is 0 Å². The van der Waals surface area contributed by atoms with Crippen molar-refractivity contribution in [3.05, 3.63) is 23.2 Å². The summed E-state index contributed by atoms with van der Waals surface area (Å²) < 4.78 is 2.03. The predicted octanol–water partition coefficient (Wildman–Crippen LogP) is 2.18. The lowest BCUT2D eigenvalue weighted by molar-refractivity contribution is 0.667. The second-order valence-corrected chi connectivity index (χ2v) is 5.16. The Morgan fingerprint density at radius 1 is 1.28 bits per heavy atom. The van der Waals surface area contributed by atoms with Crippen LogP contribution in [0.1, 0.15) is 37.5 Å². The van der Waals surface area contributed by atoms with Crippen LogP contribution in [0.15, 0.2) is 12.4 Å². The smallest absolute Gasteiger partial charge is 0.217 e. The lowest BCUT2D eigenvalue weighted by Crippen LogP contribution is -2.13. The minimum Gasteiger partial charge on any atom is -0.310 e. The fourth-order valence-corrected chi connectivity index (χ4v) is 2.52. The summed E-state index contributed by atoms with van der Waals surface area (Å²) in [7, 11) is 0. The summed E-state index contributed by atoms with van der Waals surface area (Å²) in [6, 6.07) is 0. The zero-order valence-electron chi connectivity index (χ0n) is 10.9. The Hall–Kier alpha value is -1.27. The molecule has 18 heavy (non-hydrogen) atoms. The fraction of sp³-hybridized carbons (Fsp3) is 0.583. The van der Waals surface area contributed by atoms with Crippen LogP contribution in [0.25, 0.3) is 5.13 Å². The zero-order valence-corrected chi connectivity index (χ0v) is 11.7. The van der Waals surface area contributed by atoms with Crippen LogP contribution in [0.2, 0.25) is 0 Å². The van der Waals surface area contributed by atoms with Crippen LogP contribution in [0.5, 0.6) is 0 Å². The number of hydrogen-bond donors (Lipinski definition) is 1. The van der Waals surface area contributed by atoms with Crippen molar-refractivity contribution in [1.82, 2.24) is 25.1 Å². The Morgan fingerprint density at radius 2 is 2.17 bits per heavy atom. The van der Waals surface area contributed by atoms with E-state index in [-0.39, 0.29) is 0 Å². The first-order valence-electron chi connectivity index (χ1n) is 6.40. The van der Waals surface area contributed by atoms with Crippen molar-refractivity contribution in [2.75, 3.05) is 6.54 Å². The average Bonchev–Trinajstić information content (AvgIpc) is 2.98. The van der Waals surface area contributed by atoms with Crippen molar-refractivity contribution in [1.29, 1.82) is 0 Å². The van der Waals surface area contributed by atoms with Crippen LogP contribution in [0.4, 0.5) is 0 Å². The predicted molar refractivity (Wildman–Crippen MR) is 73.0 cm³/mol. The van der Waals surface area contributed by atoms with E-state index < -0.39 is 0 Å². The van der Waals surface area contributed by atoms with Gasteiger partial charge in [-0.15, -0.1) is 10.2 Å². The first-order chi connectivity index (χ1) is 8.85. The van der Waals surface area contributed by atoms with Crippen molar-refractivity contribution in [3.8, 4) is 5.13 Å². The Morgan fingerprint density at radius 3 is 2.94 bits per heavy atom. The lowest BCUT2D eigenvalue weighted by Gasteiger charge is -2.01. The molecule has 2 heterocycles. The molecule has 0 saturated heterocycles. The van der Waals surface area contributed by atoms with Crippen molar-refractivity contribution in [3.63, 3.8) is 0 Å². The maximum Gasteiger partial charge on any atom is 0.217 e. The molecule has 0 atom stereocenters. The van der Waals surface area contributed by atoms with Gasteiger partial charge in [0.15, 0.2) is 0 Å². The number of nitrogens with one attached hydrogen (secondary N) is 1. The van der Waals surface area contributed by atoms with Gasteiger partial charge in [-0.05, 0) is 19.4 Å². The number of nitrogens with zero attached hydrogens (tertiary/aromatic N) is 4. The summed E-state index contributed by atoms with van der Waals surface area (Å²) in [4.78, 5) is 4.35. The van der Waals surface area contributed by atoms with Crippen molar-refractivity contribution in [2.45, 2.75) is 39.7 Å². The number of aromatic nitrogens is 4. The highest BCUT2D eigenvalue weighted by Crippen LogP contribution is 2.17. The number of hydrogen-bond acceptors (Lipinski definition) is 5. The average molecular weight is 265 g/mol. The van der Waals surface area contributed by atoms with E-state index in [1.165, 1.54) is 0 Å². The highest BCUT2D eigenvalue weighted by molar-refractivity contribution is 7.13. The fourth-order valence-electron chi connectivity index (χ4n) is 1.70. The van der Waals surface area contributed by atoms with Gasteiger partial charge in [-0.25, -0.2) is 4.98 Å². The third-order valence-corrected chi connectivity index (χ3v) is 3.48. The van der Waals surface area contributed by atoms with Gasteiger partial charge in [-0.2, -0.15) is 0 Å². The molecule has 98 valence electrons. The largest absolute Gasteiger partial charge is 0.310 e. The normalized spacial score (nSPS) is 11.0. The maximum atomic E-state index is 4.35. The Labute approximate surface area is 111 Å². The third kappa shape index (κ3) is 3.14. The molecule has 0 aliphatic heterocycles. The molecule has 0 fully saturated rings. The van der Waals surface area contributed by atoms with Gasteiger partial charge in [-0.3, -0.25) is 4.57 Å². The van der Waals surface area contributed by atoms with Crippen LogP contribution in [-0.4, -0.2) is 26.3 Å². The number of aryl methyl sites for hydroxylation is 1. The summed E-state index contributed by atoms with van der Waals surface area (Å²) in [6.07, 6.45) is 6.96. The van der Waals surface area contributed by atoms with Crippen LogP contribution >= 0.6 is 11.3 Å². The monoisotopic (exact) mass is 265 g/mol. The van der Waals surface area contributed by atoms with E-state index in [1.54, 1.807) is 11.3 Å². The summed E-state index contributed by atoms with van der Waals surface area (Å²) in [5, 5.41) is 13.7. The van der Waals surface area contributed by atoms with E-state index in [0.717, 1.165) is 48.3 Å². The summed E-state index contributed by atoms with van der Waals surface area (Å²) >= 11 is 1.62. The molecule has 2 aromatic heterocycles. The minimum atomic E-state index is 0.795. The van der Waals surface area contributed by atoms with Gasteiger partial charge >= 0.3 is 0 Å². The lowest BCUT2D eigenvalue weighted by atomic mass is 10.3. The second-order valence-electron chi connectivity index (χ2n) is 4.12. The topological polar surface area (TPSA) is 55.6 Å². The third-order valence-electron chi connectivity index (χ3n) is 2.56. The number of rotatable bonds is 7. The molecule has 5 nitrogen and oxygen atoms in total. The maximum absolute atomic E-state index is 4.35. The Bertz CT molecular complexity index is 476. The molecule has 0 amide bonds. The molecule has 0 aliphatic carbocycles. The standard InChI is InChI=1S/C12H19N5S/c1-3-5-10-14-7-8-17(10)12-16-15-11(18-12)9-13-6-4-2/h7-8,13H,3-6,9H2,1-2H3. The van der Waals surface area contributed by atoms with Crippen molar-refractivity contribution < 1.29 is 0 Å². The first-order valence-corrected chi connectivity index (χ1v) is 7.22. The highest BCUT2D eigenvalue weighted by Gasteiger charge is 2.09. The van der Waals surface area contributed by atoms with Gasteiger partial charge < -0.3 is 5.32 Å². The van der Waals surface area contributed by atoms with Gasteiger partial charge in [0, 0.05) is 25.4 Å². The van der Waals surface area contributed by atoms with E-state index >= 15 is 0 Å². The minimum absolute atomic E-state index is 0.795. The zero-order chi connectivity index (χ0) is 12.8. The molecule has 0 aromatic carbocycles. The van der Waals surface area contributed by atoms with Crippen LogP contribution in [0.3, 0.4) is 0 Å². The molecular weight excluding hydrogens is 246 g/mol. The molecule has 1 N–H and O–H groups in total. The van der Waals surface area contributed by atoms with Crippen molar-refractivity contribution in [2.24, 2.45) is 0 Å². The molecule has 0 bridgehead atoms. The van der Waals surface area contributed by atoms with Crippen molar-refractivity contribution >= 4 is 11.3 Å². The molecule has 6 heteroatoms. The molecule has 2 aromatic rings. The second kappa shape index (κ2) is 6.61. The van der Waals surface area contributed by atoms with Gasteiger partial charge in [0.1, 0.15) is 10.8 Å². The summed E-state index contributed by atoms with van der Waals surface area (Å²) in [5.74, 6) is 1.06. The molecule has 0 saturated carbocycles. The first kappa shape index (κ1) is 13.2. The Kier molecular flexibility index (Phi) is 4.83. The van der Waals surface area contributed by atoms with E-state index in [2.05, 4.69) is 34.3 Å². The molecule has 0 radical (unpaired) electrons. The highest BCUT2D eigenvalue weighted by atomic mass is 32.1. The summed E-state index contributed by atoms with van der Waals surface area (Å²) in [5.41, 5.74) is 0. The summed E-state index contributed by atoms with van der Waals surface area (Å²) in [6.45, 7) is 6.12. The molecule has 2 rings (SSSR count). The molecule has 0 unspecified atom stereocenters. The Balaban J connectivity index is 2.06. The van der Waals surface area contributed by atoms with Crippen LogP contribution < -0.4 is 5.32 Å². The van der Waals surface area contributed by atoms with Gasteiger partial charge in [0.2, 0.25) is 5.13 Å². The van der Waals surface area contributed by atoms with E-state index in [1.807, 2.05) is 17.0 Å². The molecule has 0 spiro atoms. The van der Waals surface area contributed by atoms with E-state index in [9.17, 15) is 0 Å². The van der Waals surface area contributed by atoms with E-state index in [0.29, 0.717) is 0 Å². The van der Waals surface area contributed by atoms with E-state index in [4.69, 9.17) is 0 Å².